The van der Waals surface area contributed by atoms with Gasteiger partial charge in [0.05, 0.1) is 20.1 Å². The molecular weight excluding hydrogens is 334 g/mol. The lowest BCUT2D eigenvalue weighted by molar-refractivity contribution is -0.131. The molecular formula is C19H25N3O4. The van der Waals surface area contributed by atoms with Gasteiger partial charge in [-0.15, -0.1) is 0 Å². The molecule has 0 aromatic heterocycles. The number of nitrogens with one attached hydrogen (secondary N) is 2. The monoisotopic (exact) mass is 359 g/mol. The molecule has 1 aromatic rings. The number of carbonyl (C=O) groups is 3. The van der Waals surface area contributed by atoms with Crippen molar-refractivity contribution in [3.63, 3.8) is 0 Å². The maximum Gasteiger partial charge on any atom is 0.325 e. The molecule has 2 fully saturated rings. The fourth-order valence-corrected chi connectivity index (χ4v) is 3.50. The standard InChI is InChI=1S/C19H25N3O4/c1-26-15-9-7-13(8-10-15)12-22-18(24)16(21-19(22)25)11-17(23)20-14-5-3-2-4-6-14/h7-10,14,16H,2-6,11-12H2,1H3,(H,20,23)(H,21,25). The Bertz CT molecular complexity index is 668. The van der Waals surface area contributed by atoms with E-state index in [1.54, 1.807) is 19.2 Å². The summed E-state index contributed by atoms with van der Waals surface area (Å²) >= 11 is 0. The molecule has 26 heavy (non-hydrogen) atoms. The average molecular weight is 359 g/mol. The summed E-state index contributed by atoms with van der Waals surface area (Å²) in [6, 6.07) is 6.13. The number of nitrogens with zero attached hydrogens (tertiary/aromatic N) is 1. The van der Waals surface area contributed by atoms with Crippen molar-refractivity contribution in [3.05, 3.63) is 29.8 Å². The van der Waals surface area contributed by atoms with Crippen molar-refractivity contribution in [3.8, 4) is 5.75 Å². The van der Waals surface area contributed by atoms with E-state index in [1.165, 1.54) is 6.42 Å². The third-order valence-corrected chi connectivity index (χ3v) is 4.97. The van der Waals surface area contributed by atoms with Crippen molar-refractivity contribution in [2.75, 3.05) is 7.11 Å². The largest absolute Gasteiger partial charge is 0.497 e. The lowest BCUT2D eigenvalue weighted by Crippen LogP contribution is -2.41. The Morgan fingerprint density at radius 2 is 1.88 bits per heavy atom. The third kappa shape index (κ3) is 4.33. The predicted octanol–water partition coefficient (Wildman–Crippen LogP) is 1.95. The Morgan fingerprint density at radius 1 is 1.19 bits per heavy atom. The van der Waals surface area contributed by atoms with Crippen LogP contribution < -0.4 is 15.4 Å². The number of hydrogen-bond donors (Lipinski definition) is 2. The number of carbonyl (C=O) groups excluding carboxylic acids is 3. The molecule has 4 amide bonds. The summed E-state index contributed by atoms with van der Waals surface area (Å²) in [5.74, 6) is 0.176. The zero-order valence-electron chi connectivity index (χ0n) is 15.0. The van der Waals surface area contributed by atoms with Gasteiger partial charge in [-0.2, -0.15) is 0 Å². The van der Waals surface area contributed by atoms with Gasteiger partial charge in [-0.25, -0.2) is 4.79 Å². The highest BCUT2D eigenvalue weighted by Gasteiger charge is 2.39. The first kappa shape index (κ1) is 18.2. The molecule has 0 radical (unpaired) electrons. The van der Waals surface area contributed by atoms with Crippen molar-refractivity contribution < 1.29 is 19.1 Å². The van der Waals surface area contributed by atoms with E-state index in [9.17, 15) is 14.4 Å². The van der Waals surface area contributed by atoms with Crippen LogP contribution in [0.25, 0.3) is 0 Å². The van der Waals surface area contributed by atoms with E-state index in [-0.39, 0.29) is 30.8 Å². The summed E-state index contributed by atoms with van der Waals surface area (Å²) in [6.45, 7) is 0.176. The molecule has 1 atom stereocenters. The minimum Gasteiger partial charge on any atom is -0.497 e. The van der Waals surface area contributed by atoms with E-state index in [0.29, 0.717) is 5.75 Å². The fourth-order valence-electron chi connectivity index (χ4n) is 3.50. The summed E-state index contributed by atoms with van der Waals surface area (Å²) in [7, 11) is 1.58. The maximum absolute atomic E-state index is 12.5. The predicted molar refractivity (Wildman–Crippen MR) is 95.5 cm³/mol. The van der Waals surface area contributed by atoms with Gasteiger partial charge >= 0.3 is 6.03 Å². The Kier molecular flexibility index (Phi) is 5.75. The molecule has 1 aliphatic carbocycles. The third-order valence-electron chi connectivity index (χ3n) is 4.97. The first-order valence-electron chi connectivity index (χ1n) is 9.11. The summed E-state index contributed by atoms with van der Waals surface area (Å²) in [5.41, 5.74) is 0.821. The molecule has 140 valence electrons. The minimum atomic E-state index is -0.788. The van der Waals surface area contributed by atoms with Crippen molar-refractivity contribution >= 4 is 17.8 Å². The quantitative estimate of drug-likeness (QED) is 0.760. The van der Waals surface area contributed by atoms with Crippen molar-refractivity contribution in [2.24, 2.45) is 0 Å². The molecule has 1 aromatic carbocycles. The van der Waals surface area contributed by atoms with E-state index in [4.69, 9.17) is 4.74 Å². The summed E-state index contributed by atoms with van der Waals surface area (Å²) in [4.78, 5) is 38.0. The maximum atomic E-state index is 12.5. The highest BCUT2D eigenvalue weighted by Crippen LogP contribution is 2.19. The molecule has 1 heterocycles. The van der Waals surface area contributed by atoms with Crippen LogP contribution in [0.4, 0.5) is 4.79 Å². The zero-order chi connectivity index (χ0) is 18.5. The Balaban J connectivity index is 1.54. The van der Waals surface area contributed by atoms with Crippen LogP contribution in [-0.4, -0.2) is 41.9 Å². The van der Waals surface area contributed by atoms with Gasteiger partial charge in [0, 0.05) is 6.04 Å². The number of hydrogen-bond acceptors (Lipinski definition) is 4. The second-order valence-electron chi connectivity index (χ2n) is 6.88. The summed E-state index contributed by atoms with van der Waals surface area (Å²) in [6.07, 6.45) is 5.42. The average Bonchev–Trinajstić information content (AvgIpc) is 2.90. The molecule has 1 saturated carbocycles. The van der Waals surface area contributed by atoms with Crippen molar-refractivity contribution in [2.45, 2.75) is 57.2 Å². The topological polar surface area (TPSA) is 87.7 Å². The van der Waals surface area contributed by atoms with E-state index in [2.05, 4.69) is 10.6 Å². The molecule has 2 aliphatic rings. The van der Waals surface area contributed by atoms with Crippen LogP contribution in [-0.2, 0) is 16.1 Å². The SMILES string of the molecule is COc1ccc(CN2C(=O)NC(CC(=O)NC3CCCCC3)C2=O)cc1. The lowest BCUT2D eigenvalue weighted by Gasteiger charge is -2.23. The highest BCUT2D eigenvalue weighted by molar-refractivity contribution is 6.05. The second kappa shape index (κ2) is 8.21. The first-order chi connectivity index (χ1) is 12.6. The number of ether oxygens (including phenoxy) is 1. The van der Waals surface area contributed by atoms with Gasteiger partial charge in [0.1, 0.15) is 11.8 Å². The van der Waals surface area contributed by atoms with Crippen LogP contribution in [0, 0.1) is 0 Å². The lowest BCUT2D eigenvalue weighted by atomic mass is 9.95. The summed E-state index contributed by atoms with van der Waals surface area (Å²) < 4.78 is 5.10. The molecule has 0 bridgehead atoms. The number of benzene rings is 1. The second-order valence-corrected chi connectivity index (χ2v) is 6.88. The Hall–Kier alpha value is -2.57. The van der Waals surface area contributed by atoms with Gasteiger partial charge in [0.15, 0.2) is 0 Å². The van der Waals surface area contributed by atoms with Gasteiger partial charge in [-0.1, -0.05) is 31.4 Å². The van der Waals surface area contributed by atoms with Crippen LogP contribution in [0.3, 0.4) is 0 Å². The molecule has 1 saturated heterocycles. The van der Waals surface area contributed by atoms with Crippen molar-refractivity contribution in [1.29, 1.82) is 0 Å². The summed E-state index contributed by atoms with van der Waals surface area (Å²) in [5, 5.41) is 5.60. The van der Waals surface area contributed by atoms with Crippen LogP contribution in [0.1, 0.15) is 44.1 Å². The van der Waals surface area contributed by atoms with Crippen LogP contribution >= 0.6 is 0 Å². The molecule has 3 rings (SSSR count). The number of amides is 4. The van der Waals surface area contributed by atoms with E-state index >= 15 is 0 Å². The molecule has 2 N–H and O–H groups in total. The van der Waals surface area contributed by atoms with Crippen LogP contribution in [0.5, 0.6) is 5.75 Å². The molecule has 7 nitrogen and oxygen atoms in total. The van der Waals surface area contributed by atoms with Gasteiger partial charge in [0.2, 0.25) is 5.91 Å². The number of methoxy groups -OCH3 is 1. The Labute approximate surface area is 153 Å². The van der Waals surface area contributed by atoms with Crippen LogP contribution in [0.2, 0.25) is 0 Å². The van der Waals surface area contributed by atoms with E-state index in [0.717, 1.165) is 36.1 Å². The zero-order valence-corrected chi connectivity index (χ0v) is 15.0. The number of urea groups is 1. The van der Waals surface area contributed by atoms with Gasteiger partial charge in [-0.3, -0.25) is 14.5 Å². The van der Waals surface area contributed by atoms with Crippen molar-refractivity contribution in [1.82, 2.24) is 15.5 Å². The highest BCUT2D eigenvalue weighted by atomic mass is 16.5. The fraction of sp³-hybridized carbons (Fsp3) is 0.526. The smallest absolute Gasteiger partial charge is 0.325 e. The minimum absolute atomic E-state index is 0.0137. The number of imide groups is 1. The normalized spacial score (nSPS) is 20.8. The van der Waals surface area contributed by atoms with Crippen LogP contribution in [0.15, 0.2) is 24.3 Å². The number of rotatable bonds is 6. The van der Waals surface area contributed by atoms with Gasteiger partial charge < -0.3 is 15.4 Å². The molecule has 0 spiro atoms. The molecule has 7 heteroatoms. The van der Waals surface area contributed by atoms with Gasteiger partial charge in [-0.05, 0) is 30.5 Å². The van der Waals surface area contributed by atoms with E-state index in [1.807, 2.05) is 12.1 Å². The van der Waals surface area contributed by atoms with E-state index < -0.39 is 12.1 Å². The molecule has 1 aliphatic heterocycles. The van der Waals surface area contributed by atoms with Gasteiger partial charge in [0.25, 0.3) is 5.91 Å². The molecule has 1 unspecified atom stereocenters. The first-order valence-corrected chi connectivity index (χ1v) is 9.11. The Morgan fingerprint density at radius 3 is 2.54 bits per heavy atom.